The Morgan fingerprint density at radius 2 is 1.86 bits per heavy atom. The number of ether oxygens (including phenoxy) is 1. The summed E-state index contributed by atoms with van der Waals surface area (Å²) in [5, 5.41) is 9.07. The van der Waals surface area contributed by atoms with Crippen molar-refractivity contribution in [2.24, 2.45) is 0 Å². The highest BCUT2D eigenvalue weighted by Crippen LogP contribution is 2.32. The topological polar surface area (TPSA) is 63.6 Å². The molecule has 0 bridgehead atoms. The molecular formula is C16H13IO4S. The van der Waals surface area contributed by atoms with Gasteiger partial charge >= 0.3 is 11.9 Å². The number of aromatic carboxylic acids is 1. The molecule has 0 unspecified atom stereocenters. The van der Waals surface area contributed by atoms with E-state index >= 15 is 0 Å². The van der Waals surface area contributed by atoms with Gasteiger partial charge in [-0.25, -0.2) is 9.59 Å². The molecule has 0 aliphatic rings. The molecule has 0 aliphatic carbocycles. The molecule has 22 heavy (non-hydrogen) atoms. The Morgan fingerprint density at radius 1 is 1.18 bits per heavy atom. The summed E-state index contributed by atoms with van der Waals surface area (Å²) < 4.78 is 6.13. The van der Waals surface area contributed by atoms with Crippen molar-refractivity contribution in [2.45, 2.75) is 16.7 Å². The van der Waals surface area contributed by atoms with E-state index in [4.69, 9.17) is 9.84 Å². The van der Waals surface area contributed by atoms with Crippen LogP contribution in [0.1, 0.15) is 27.6 Å². The van der Waals surface area contributed by atoms with Crippen LogP contribution < -0.4 is 0 Å². The summed E-state index contributed by atoms with van der Waals surface area (Å²) in [5.74, 6) is -1.59. The van der Waals surface area contributed by atoms with Gasteiger partial charge in [-0.2, -0.15) is 0 Å². The number of esters is 1. The fourth-order valence-corrected chi connectivity index (χ4v) is 3.02. The van der Waals surface area contributed by atoms with E-state index in [0.717, 1.165) is 8.47 Å². The lowest BCUT2D eigenvalue weighted by Gasteiger charge is -2.10. The number of rotatable bonds is 5. The third-order valence-electron chi connectivity index (χ3n) is 2.76. The minimum Gasteiger partial charge on any atom is -0.478 e. The summed E-state index contributed by atoms with van der Waals surface area (Å²) in [4.78, 5) is 24.8. The quantitative estimate of drug-likeness (QED) is 0.568. The van der Waals surface area contributed by atoms with Gasteiger partial charge in [0.1, 0.15) is 0 Å². The molecule has 4 nitrogen and oxygen atoms in total. The number of halogens is 1. The maximum absolute atomic E-state index is 12.1. The molecule has 0 atom stereocenters. The molecular weight excluding hydrogens is 415 g/mol. The van der Waals surface area contributed by atoms with Crippen LogP contribution in [0.2, 0.25) is 0 Å². The summed E-state index contributed by atoms with van der Waals surface area (Å²) in [5.41, 5.74) is 0.334. The molecule has 0 saturated carbocycles. The Hall–Kier alpha value is -1.54. The van der Waals surface area contributed by atoms with Crippen LogP contribution in [-0.2, 0) is 4.74 Å². The van der Waals surface area contributed by atoms with E-state index in [2.05, 4.69) is 22.6 Å². The molecule has 1 N–H and O–H groups in total. The summed E-state index contributed by atoms with van der Waals surface area (Å²) >= 11 is 3.62. The summed E-state index contributed by atoms with van der Waals surface area (Å²) in [6.45, 7) is 1.95. The van der Waals surface area contributed by atoms with Gasteiger partial charge in [0.05, 0.1) is 17.7 Å². The van der Waals surface area contributed by atoms with E-state index in [1.165, 1.54) is 23.9 Å². The highest BCUT2D eigenvalue weighted by atomic mass is 127. The number of hydrogen-bond acceptors (Lipinski definition) is 4. The van der Waals surface area contributed by atoms with Gasteiger partial charge in [-0.1, -0.05) is 11.8 Å². The van der Waals surface area contributed by atoms with Gasteiger partial charge in [-0.15, -0.1) is 0 Å². The van der Waals surface area contributed by atoms with E-state index in [1.54, 1.807) is 13.0 Å². The SMILES string of the molecule is CCOC(=O)c1cc(C(=O)O)ccc1Sc1ccc(I)cc1. The molecule has 0 fully saturated rings. The van der Waals surface area contributed by atoms with Crippen molar-refractivity contribution in [1.82, 2.24) is 0 Å². The molecule has 2 rings (SSSR count). The molecule has 0 aromatic heterocycles. The van der Waals surface area contributed by atoms with Gasteiger partial charge in [-0.3, -0.25) is 0 Å². The van der Waals surface area contributed by atoms with Crippen molar-refractivity contribution in [3.05, 3.63) is 57.2 Å². The lowest BCUT2D eigenvalue weighted by molar-refractivity contribution is 0.0522. The first kappa shape index (κ1) is 16.8. The summed E-state index contributed by atoms with van der Waals surface area (Å²) in [6, 6.07) is 12.3. The highest BCUT2D eigenvalue weighted by molar-refractivity contribution is 14.1. The smallest absolute Gasteiger partial charge is 0.339 e. The van der Waals surface area contributed by atoms with E-state index in [1.807, 2.05) is 24.3 Å². The molecule has 2 aromatic carbocycles. The Bertz CT molecular complexity index is 698. The van der Waals surface area contributed by atoms with E-state index in [0.29, 0.717) is 4.90 Å². The third-order valence-corrected chi connectivity index (χ3v) is 4.57. The van der Waals surface area contributed by atoms with E-state index in [-0.39, 0.29) is 17.7 Å². The predicted octanol–water partition coefficient (Wildman–Crippen LogP) is 4.32. The molecule has 0 heterocycles. The van der Waals surface area contributed by atoms with Gasteiger partial charge in [0.2, 0.25) is 0 Å². The first-order chi connectivity index (χ1) is 10.5. The Labute approximate surface area is 146 Å². The minimum absolute atomic E-state index is 0.0648. The second-order valence-electron chi connectivity index (χ2n) is 4.29. The lowest BCUT2D eigenvalue weighted by atomic mass is 10.1. The van der Waals surface area contributed by atoms with Gasteiger partial charge in [0, 0.05) is 13.4 Å². The number of benzene rings is 2. The number of carbonyl (C=O) groups excluding carboxylic acids is 1. The van der Waals surface area contributed by atoms with Gasteiger partial charge in [0.15, 0.2) is 0 Å². The van der Waals surface area contributed by atoms with Crippen LogP contribution in [0, 0.1) is 3.57 Å². The van der Waals surface area contributed by atoms with Crippen LogP contribution in [0.25, 0.3) is 0 Å². The molecule has 0 radical (unpaired) electrons. The molecule has 0 saturated heterocycles. The second kappa shape index (κ2) is 7.64. The predicted molar refractivity (Wildman–Crippen MR) is 92.6 cm³/mol. The monoisotopic (exact) mass is 428 g/mol. The Morgan fingerprint density at radius 3 is 2.45 bits per heavy atom. The van der Waals surface area contributed by atoms with Crippen molar-refractivity contribution >= 4 is 46.3 Å². The minimum atomic E-state index is -1.07. The van der Waals surface area contributed by atoms with Crippen LogP contribution in [0.4, 0.5) is 0 Å². The zero-order valence-electron chi connectivity index (χ0n) is 11.7. The number of carboxylic acids is 1. The van der Waals surface area contributed by atoms with E-state index in [9.17, 15) is 9.59 Å². The van der Waals surface area contributed by atoms with Crippen LogP contribution >= 0.6 is 34.4 Å². The third kappa shape index (κ3) is 4.23. The van der Waals surface area contributed by atoms with Crippen molar-refractivity contribution in [3.63, 3.8) is 0 Å². The largest absolute Gasteiger partial charge is 0.478 e. The second-order valence-corrected chi connectivity index (χ2v) is 6.65. The normalized spacial score (nSPS) is 10.3. The molecule has 6 heteroatoms. The van der Waals surface area contributed by atoms with Crippen molar-refractivity contribution < 1.29 is 19.4 Å². The first-order valence-electron chi connectivity index (χ1n) is 6.49. The van der Waals surface area contributed by atoms with Crippen molar-refractivity contribution in [3.8, 4) is 0 Å². The molecule has 0 amide bonds. The van der Waals surface area contributed by atoms with Gasteiger partial charge < -0.3 is 9.84 Å². The van der Waals surface area contributed by atoms with Crippen molar-refractivity contribution in [2.75, 3.05) is 6.61 Å². The standard InChI is InChI=1S/C16H13IO4S/c1-2-21-16(20)13-9-10(15(18)19)3-8-14(13)22-12-6-4-11(17)5-7-12/h3-9H,2H2,1H3,(H,18,19). The molecule has 0 spiro atoms. The maximum atomic E-state index is 12.1. The van der Waals surface area contributed by atoms with Crippen LogP contribution in [0.5, 0.6) is 0 Å². The zero-order chi connectivity index (χ0) is 16.1. The zero-order valence-corrected chi connectivity index (χ0v) is 14.7. The number of carbonyl (C=O) groups is 2. The van der Waals surface area contributed by atoms with Crippen molar-refractivity contribution in [1.29, 1.82) is 0 Å². The lowest BCUT2D eigenvalue weighted by Crippen LogP contribution is -2.08. The Balaban J connectivity index is 2.38. The number of hydrogen-bond donors (Lipinski definition) is 1. The van der Waals surface area contributed by atoms with Crippen LogP contribution in [0.3, 0.4) is 0 Å². The van der Waals surface area contributed by atoms with E-state index < -0.39 is 11.9 Å². The molecule has 114 valence electrons. The average Bonchev–Trinajstić information content (AvgIpc) is 2.50. The maximum Gasteiger partial charge on any atom is 0.339 e. The number of carboxylic acid groups (broad SMARTS) is 1. The Kier molecular flexibility index (Phi) is 5.84. The molecule has 0 aliphatic heterocycles. The molecule has 2 aromatic rings. The highest BCUT2D eigenvalue weighted by Gasteiger charge is 2.16. The average molecular weight is 428 g/mol. The van der Waals surface area contributed by atoms with Gasteiger partial charge in [0.25, 0.3) is 0 Å². The summed E-state index contributed by atoms with van der Waals surface area (Å²) in [6.07, 6.45) is 0. The summed E-state index contributed by atoms with van der Waals surface area (Å²) in [7, 11) is 0. The first-order valence-corrected chi connectivity index (χ1v) is 8.38. The van der Waals surface area contributed by atoms with Crippen LogP contribution in [0.15, 0.2) is 52.3 Å². The fourth-order valence-electron chi connectivity index (χ4n) is 1.75. The fraction of sp³-hybridized carbons (Fsp3) is 0.125. The van der Waals surface area contributed by atoms with Crippen LogP contribution in [-0.4, -0.2) is 23.7 Å². The van der Waals surface area contributed by atoms with Gasteiger partial charge in [-0.05, 0) is 72.0 Å².